The Balaban J connectivity index is 2.21. The molecule has 2 atom stereocenters. The van der Waals surface area contributed by atoms with Gasteiger partial charge in [0.15, 0.2) is 0 Å². The molecule has 1 fully saturated rings. The van der Waals surface area contributed by atoms with Gasteiger partial charge >= 0.3 is 6.18 Å². The fraction of sp³-hybridized carbons (Fsp3) is 0.583. The maximum atomic E-state index is 12.6. The molecule has 1 aromatic heterocycles. The van der Waals surface area contributed by atoms with E-state index in [9.17, 15) is 18.0 Å². The normalized spacial score (nSPS) is 24.2. The summed E-state index contributed by atoms with van der Waals surface area (Å²) < 4.78 is 37.8. The topological polar surface area (TPSA) is 32.3 Å². The van der Waals surface area contributed by atoms with E-state index in [2.05, 4.69) is 5.32 Å². The van der Waals surface area contributed by atoms with Crippen molar-refractivity contribution >= 4 is 17.2 Å². The molecule has 0 spiro atoms. The predicted molar refractivity (Wildman–Crippen MR) is 66.7 cm³/mol. The minimum Gasteiger partial charge on any atom is -0.312 e. The number of rotatable bonds is 4. The van der Waals surface area contributed by atoms with Gasteiger partial charge in [0.2, 0.25) is 5.91 Å². The molecule has 0 radical (unpaired) electrons. The van der Waals surface area contributed by atoms with E-state index >= 15 is 0 Å². The first-order valence-electron chi connectivity index (χ1n) is 6.09. The number of amides is 1. The number of thiophene rings is 1. The van der Waals surface area contributed by atoms with Crippen molar-refractivity contribution < 1.29 is 18.0 Å². The van der Waals surface area contributed by atoms with Crippen molar-refractivity contribution in [1.29, 1.82) is 0 Å². The lowest BCUT2D eigenvalue weighted by Gasteiger charge is -2.24. The third-order valence-electron chi connectivity index (χ3n) is 2.99. The molecule has 2 unspecified atom stereocenters. The van der Waals surface area contributed by atoms with Gasteiger partial charge in [0, 0.05) is 4.88 Å². The van der Waals surface area contributed by atoms with Crippen LogP contribution < -0.4 is 5.32 Å². The van der Waals surface area contributed by atoms with Crippen LogP contribution in [0.4, 0.5) is 13.2 Å². The Morgan fingerprint density at radius 1 is 1.47 bits per heavy atom. The minimum atomic E-state index is -4.38. The number of hydrogen-bond acceptors (Lipinski definition) is 3. The highest BCUT2D eigenvalue weighted by atomic mass is 32.1. The second kappa shape index (κ2) is 5.50. The first-order valence-corrected chi connectivity index (χ1v) is 6.97. The molecule has 0 saturated carbocycles. The zero-order chi connectivity index (χ0) is 14.0. The number of nitrogens with zero attached hydrogens (tertiary/aromatic N) is 1. The molecule has 0 aliphatic carbocycles. The Morgan fingerprint density at radius 3 is 2.74 bits per heavy atom. The number of alkyl halides is 3. The molecule has 1 aromatic rings. The first-order chi connectivity index (χ1) is 8.92. The SMILES string of the molecule is CCCC1NC(c2cccs2)N(CC(F)(F)F)C1=O. The second-order valence-corrected chi connectivity index (χ2v) is 5.49. The summed E-state index contributed by atoms with van der Waals surface area (Å²) in [5.74, 6) is -0.461. The van der Waals surface area contributed by atoms with Gasteiger partial charge in [-0.1, -0.05) is 19.4 Å². The molecule has 2 heterocycles. The average Bonchev–Trinajstić information content (AvgIpc) is 2.91. The molecule has 3 nitrogen and oxygen atoms in total. The van der Waals surface area contributed by atoms with Gasteiger partial charge in [0.05, 0.1) is 6.04 Å². The van der Waals surface area contributed by atoms with Crippen molar-refractivity contribution in [2.75, 3.05) is 6.54 Å². The van der Waals surface area contributed by atoms with Crippen molar-refractivity contribution in [3.8, 4) is 0 Å². The molecule has 7 heteroatoms. The standard InChI is InChI=1S/C12H15F3N2OS/c1-2-4-8-11(18)17(7-12(13,14)15)10(16-8)9-5-3-6-19-9/h3,5-6,8,10,16H,2,4,7H2,1H3. The summed E-state index contributed by atoms with van der Waals surface area (Å²) in [4.78, 5) is 13.7. The van der Waals surface area contributed by atoms with E-state index < -0.39 is 30.8 Å². The molecule has 2 rings (SSSR count). The minimum absolute atomic E-state index is 0.461. The van der Waals surface area contributed by atoms with Crippen molar-refractivity contribution in [2.45, 2.75) is 38.1 Å². The zero-order valence-electron chi connectivity index (χ0n) is 10.4. The number of carbonyl (C=O) groups is 1. The first kappa shape index (κ1) is 14.3. The van der Waals surface area contributed by atoms with Crippen LogP contribution in [-0.2, 0) is 4.79 Å². The molecule has 19 heavy (non-hydrogen) atoms. The Hall–Kier alpha value is -1.08. The zero-order valence-corrected chi connectivity index (χ0v) is 11.2. The molecule has 106 valence electrons. The van der Waals surface area contributed by atoms with Crippen LogP contribution in [0.25, 0.3) is 0 Å². The van der Waals surface area contributed by atoms with Crippen LogP contribution in [0.5, 0.6) is 0 Å². The summed E-state index contributed by atoms with van der Waals surface area (Å²) in [6.45, 7) is 0.698. The van der Waals surface area contributed by atoms with E-state index in [-0.39, 0.29) is 0 Å². The smallest absolute Gasteiger partial charge is 0.312 e. The number of halogens is 3. The maximum absolute atomic E-state index is 12.6. The van der Waals surface area contributed by atoms with E-state index in [4.69, 9.17) is 0 Å². The molecule has 0 bridgehead atoms. The number of carbonyl (C=O) groups excluding carboxylic acids is 1. The third-order valence-corrected chi connectivity index (χ3v) is 3.92. The molecule has 1 amide bonds. The molecular weight excluding hydrogens is 277 g/mol. The number of nitrogens with one attached hydrogen (secondary N) is 1. The Bertz CT molecular complexity index is 433. The summed E-state index contributed by atoms with van der Waals surface area (Å²) in [6, 6.07) is 3.00. The van der Waals surface area contributed by atoms with Crippen LogP contribution in [0.15, 0.2) is 17.5 Å². The summed E-state index contributed by atoms with van der Waals surface area (Å²) >= 11 is 1.35. The molecule has 1 N–H and O–H groups in total. The fourth-order valence-electron chi connectivity index (χ4n) is 2.22. The molecule has 1 saturated heterocycles. The van der Waals surface area contributed by atoms with Gasteiger partial charge in [-0.25, -0.2) is 0 Å². The lowest BCUT2D eigenvalue weighted by atomic mass is 10.2. The van der Waals surface area contributed by atoms with E-state index in [1.165, 1.54) is 11.3 Å². The molecule has 1 aliphatic rings. The Labute approximate surface area is 113 Å². The van der Waals surface area contributed by atoms with E-state index in [1.807, 2.05) is 6.92 Å². The van der Waals surface area contributed by atoms with Crippen LogP contribution >= 0.6 is 11.3 Å². The van der Waals surface area contributed by atoms with Crippen LogP contribution in [0.3, 0.4) is 0 Å². The van der Waals surface area contributed by atoms with E-state index in [1.54, 1.807) is 17.5 Å². The maximum Gasteiger partial charge on any atom is 0.406 e. The third kappa shape index (κ3) is 3.27. The van der Waals surface area contributed by atoms with Gasteiger partial charge in [-0.05, 0) is 17.9 Å². The summed E-state index contributed by atoms with van der Waals surface area (Å²) in [5.41, 5.74) is 0. The predicted octanol–water partition coefficient (Wildman–Crippen LogP) is 2.91. The van der Waals surface area contributed by atoms with Crippen LogP contribution in [-0.4, -0.2) is 29.6 Å². The van der Waals surface area contributed by atoms with Crippen LogP contribution in [0.1, 0.15) is 30.8 Å². The highest BCUT2D eigenvalue weighted by Gasteiger charge is 2.44. The Morgan fingerprint density at radius 2 is 2.21 bits per heavy atom. The van der Waals surface area contributed by atoms with Crippen molar-refractivity contribution in [1.82, 2.24) is 10.2 Å². The number of hydrogen-bond donors (Lipinski definition) is 1. The van der Waals surface area contributed by atoms with Crippen molar-refractivity contribution in [2.24, 2.45) is 0 Å². The quantitative estimate of drug-likeness (QED) is 0.925. The van der Waals surface area contributed by atoms with Gasteiger partial charge in [0.1, 0.15) is 12.7 Å². The van der Waals surface area contributed by atoms with Crippen LogP contribution in [0, 0.1) is 0 Å². The van der Waals surface area contributed by atoms with Gasteiger partial charge in [-0.2, -0.15) is 13.2 Å². The monoisotopic (exact) mass is 292 g/mol. The van der Waals surface area contributed by atoms with Gasteiger partial charge < -0.3 is 4.90 Å². The highest BCUT2D eigenvalue weighted by Crippen LogP contribution is 2.32. The highest BCUT2D eigenvalue weighted by molar-refractivity contribution is 7.10. The second-order valence-electron chi connectivity index (χ2n) is 4.51. The Kier molecular flexibility index (Phi) is 4.15. The van der Waals surface area contributed by atoms with E-state index in [0.717, 1.165) is 16.2 Å². The summed E-state index contributed by atoms with van der Waals surface area (Å²) in [7, 11) is 0. The molecule has 1 aliphatic heterocycles. The van der Waals surface area contributed by atoms with Crippen molar-refractivity contribution in [3.05, 3.63) is 22.4 Å². The van der Waals surface area contributed by atoms with Gasteiger partial charge in [-0.15, -0.1) is 11.3 Å². The average molecular weight is 292 g/mol. The largest absolute Gasteiger partial charge is 0.406 e. The fourth-order valence-corrected chi connectivity index (χ4v) is 3.02. The van der Waals surface area contributed by atoms with Crippen LogP contribution in [0.2, 0.25) is 0 Å². The lowest BCUT2D eigenvalue weighted by molar-refractivity contribution is -0.161. The summed E-state index contributed by atoms with van der Waals surface area (Å²) in [6.07, 6.45) is -3.74. The lowest BCUT2D eigenvalue weighted by Crippen LogP contribution is -2.38. The molecular formula is C12H15F3N2OS. The van der Waals surface area contributed by atoms with Gasteiger partial charge in [0.25, 0.3) is 0 Å². The molecule has 0 aromatic carbocycles. The summed E-state index contributed by atoms with van der Waals surface area (Å²) in [5, 5.41) is 4.80. The van der Waals surface area contributed by atoms with E-state index in [0.29, 0.717) is 6.42 Å². The van der Waals surface area contributed by atoms with Gasteiger partial charge in [-0.3, -0.25) is 10.1 Å². The van der Waals surface area contributed by atoms with Crippen molar-refractivity contribution in [3.63, 3.8) is 0 Å².